The van der Waals surface area contributed by atoms with E-state index in [2.05, 4.69) is 24.9 Å². The average molecular weight is 311 g/mol. The lowest BCUT2D eigenvalue weighted by atomic mass is 9.79. The Morgan fingerprint density at radius 3 is 2.70 bits per heavy atom. The van der Waals surface area contributed by atoms with E-state index in [-0.39, 0.29) is 5.60 Å². The molecule has 108 valence electrons. The summed E-state index contributed by atoms with van der Waals surface area (Å²) in [6, 6.07) is 2.05. The molecule has 3 rings (SSSR count). The molecule has 2 heterocycles. The second-order valence-electron chi connectivity index (χ2n) is 5.79. The van der Waals surface area contributed by atoms with Crippen LogP contribution in [0.25, 0.3) is 10.2 Å². The third kappa shape index (κ3) is 2.34. The van der Waals surface area contributed by atoms with Crippen LogP contribution in [0.5, 0.6) is 0 Å². The largest absolute Gasteiger partial charge is 0.370 e. The second kappa shape index (κ2) is 5.24. The molecule has 0 atom stereocenters. The van der Waals surface area contributed by atoms with E-state index in [0.717, 1.165) is 47.6 Å². The summed E-state index contributed by atoms with van der Waals surface area (Å²) in [5.74, 6) is 1.51. The highest BCUT2D eigenvalue weighted by Gasteiger charge is 2.39. The van der Waals surface area contributed by atoms with Crippen molar-refractivity contribution >= 4 is 33.2 Å². The maximum atomic E-state index is 6.34. The van der Waals surface area contributed by atoms with Crippen molar-refractivity contribution in [3.8, 4) is 0 Å². The highest BCUT2D eigenvalue weighted by molar-refractivity contribution is 7.18. The summed E-state index contributed by atoms with van der Waals surface area (Å²) in [6.45, 7) is 4.36. The molecular formula is C15H19ClN2OS. The van der Waals surface area contributed by atoms with Gasteiger partial charge in [-0.25, -0.2) is 9.97 Å². The van der Waals surface area contributed by atoms with Gasteiger partial charge in [0.2, 0.25) is 0 Å². The highest BCUT2D eigenvalue weighted by Crippen LogP contribution is 2.42. The van der Waals surface area contributed by atoms with Crippen molar-refractivity contribution in [3.05, 3.63) is 21.9 Å². The number of rotatable bonds is 2. The maximum Gasteiger partial charge on any atom is 0.163 e. The van der Waals surface area contributed by atoms with Gasteiger partial charge in [0.25, 0.3) is 0 Å². The van der Waals surface area contributed by atoms with Crippen LogP contribution in [0.4, 0.5) is 0 Å². The molecule has 0 radical (unpaired) electrons. The van der Waals surface area contributed by atoms with E-state index < -0.39 is 0 Å². The average Bonchev–Trinajstić information content (AvgIpc) is 2.81. The summed E-state index contributed by atoms with van der Waals surface area (Å²) in [5.41, 5.74) is -0.359. The van der Waals surface area contributed by atoms with Crippen molar-refractivity contribution in [1.29, 1.82) is 0 Å². The molecule has 0 aliphatic heterocycles. The molecule has 2 aromatic rings. The van der Waals surface area contributed by atoms with Gasteiger partial charge in [-0.15, -0.1) is 11.3 Å². The number of thiophene rings is 1. The fourth-order valence-electron chi connectivity index (χ4n) is 2.96. The lowest BCUT2D eigenvalue weighted by Gasteiger charge is -2.36. The number of methoxy groups -OCH3 is 1. The first-order chi connectivity index (χ1) is 9.54. The van der Waals surface area contributed by atoms with Crippen molar-refractivity contribution < 1.29 is 4.74 Å². The van der Waals surface area contributed by atoms with Crippen molar-refractivity contribution in [2.75, 3.05) is 7.11 Å². The Morgan fingerprint density at radius 1 is 1.35 bits per heavy atom. The number of aromatic nitrogens is 2. The Bertz CT molecular complexity index is 632. The zero-order valence-corrected chi connectivity index (χ0v) is 13.6. The number of halogens is 1. The van der Waals surface area contributed by atoms with Gasteiger partial charge >= 0.3 is 0 Å². The first-order valence-corrected chi connectivity index (χ1v) is 8.23. The van der Waals surface area contributed by atoms with Gasteiger partial charge in [-0.05, 0) is 44.6 Å². The monoisotopic (exact) mass is 310 g/mol. The predicted octanol–water partition coefficient (Wildman–Crippen LogP) is 4.70. The van der Waals surface area contributed by atoms with E-state index >= 15 is 0 Å². The zero-order chi connectivity index (χ0) is 14.3. The standard InChI is InChI=1S/C15H19ClN2OS/c1-9-4-6-15(19-3,7-5-9)14-17-12(16)11-8-10(2)20-13(11)18-14/h8-9H,4-7H2,1-3H3. The van der Waals surface area contributed by atoms with E-state index in [9.17, 15) is 0 Å². The maximum absolute atomic E-state index is 6.34. The normalized spacial score (nSPS) is 27.1. The van der Waals surface area contributed by atoms with Crippen LogP contribution in [-0.2, 0) is 10.3 Å². The Kier molecular flexibility index (Phi) is 3.73. The number of hydrogen-bond donors (Lipinski definition) is 0. The summed E-state index contributed by atoms with van der Waals surface area (Å²) in [6.07, 6.45) is 4.24. The number of fused-ring (bicyclic) bond motifs is 1. The molecule has 1 fully saturated rings. The first-order valence-electron chi connectivity index (χ1n) is 7.03. The molecule has 3 nitrogen and oxygen atoms in total. The zero-order valence-electron chi connectivity index (χ0n) is 12.1. The SMILES string of the molecule is COC1(c2nc(Cl)c3cc(C)sc3n2)CCC(C)CC1. The smallest absolute Gasteiger partial charge is 0.163 e. The quantitative estimate of drug-likeness (QED) is 0.754. The molecule has 0 saturated heterocycles. The minimum atomic E-state index is -0.359. The van der Waals surface area contributed by atoms with Crippen molar-refractivity contribution in [3.63, 3.8) is 0 Å². The van der Waals surface area contributed by atoms with E-state index in [4.69, 9.17) is 21.3 Å². The van der Waals surface area contributed by atoms with Crippen LogP contribution in [0.1, 0.15) is 43.3 Å². The Labute approximate surface area is 128 Å². The lowest BCUT2D eigenvalue weighted by molar-refractivity contribution is -0.0594. The number of hydrogen-bond acceptors (Lipinski definition) is 4. The molecule has 0 N–H and O–H groups in total. The molecule has 1 aliphatic carbocycles. The fourth-order valence-corrected chi connectivity index (χ4v) is 4.12. The molecule has 1 aliphatic rings. The van der Waals surface area contributed by atoms with Gasteiger partial charge in [0.15, 0.2) is 5.82 Å². The molecule has 2 aromatic heterocycles. The van der Waals surface area contributed by atoms with Crippen LogP contribution in [0.15, 0.2) is 6.07 Å². The summed E-state index contributed by atoms with van der Waals surface area (Å²) >= 11 is 8.01. The first kappa shape index (κ1) is 14.2. The van der Waals surface area contributed by atoms with Gasteiger partial charge in [-0.1, -0.05) is 18.5 Å². The van der Waals surface area contributed by atoms with Crippen molar-refractivity contribution in [1.82, 2.24) is 9.97 Å². The van der Waals surface area contributed by atoms with Crippen LogP contribution in [0, 0.1) is 12.8 Å². The molecule has 1 saturated carbocycles. The Balaban J connectivity index is 2.07. The third-order valence-electron chi connectivity index (χ3n) is 4.35. The van der Waals surface area contributed by atoms with Crippen molar-refractivity contribution in [2.24, 2.45) is 5.92 Å². The molecule has 0 spiro atoms. The Hall–Kier alpha value is -0.710. The summed E-state index contributed by atoms with van der Waals surface area (Å²) < 4.78 is 5.84. The van der Waals surface area contributed by atoms with Crippen LogP contribution >= 0.6 is 22.9 Å². The Morgan fingerprint density at radius 2 is 2.05 bits per heavy atom. The van der Waals surface area contributed by atoms with E-state index in [1.807, 2.05) is 0 Å². The third-order valence-corrected chi connectivity index (χ3v) is 5.58. The van der Waals surface area contributed by atoms with Gasteiger partial charge in [0, 0.05) is 17.4 Å². The van der Waals surface area contributed by atoms with Crippen molar-refractivity contribution in [2.45, 2.75) is 45.1 Å². The molecule has 0 amide bonds. The molecule has 0 bridgehead atoms. The fraction of sp³-hybridized carbons (Fsp3) is 0.600. The highest BCUT2D eigenvalue weighted by atomic mass is 35.5. The number of aryl methyl sites for hydroxylation is 1. The minimum Gasteiger partial charge on any atom is -0.370 e. The number of nitrogens with zero attached hydrogens (tertiary/aromatic N) is 2. The predicted molar refractivity (Wildman–Crippen MR) is 83.5 cm³/mol. The van der Waals surface area contributed by atoms with E-state index in [0.29, 0.717) is 5.15 Å². The van der Waals surface area contributed by atoms with Gasteiger partial charge in [0.1, 0.15) is 15.6 Å². The van der Waals surface area contributed by atoms with E-state index in [1.54, 1.807) is 18.4 Å². The van der Waals surface area contributed by atoms with Gasteiger partial charge in [0.05, 0.1) is 0 Å². The van der Waals surface area contributed by atoms with Crippen LogP contribution in [0.3, 0.4) is 0 Å². The minimum absolute atomic E-state index is 0.359. The van der Waals surface area contributed by atoms with Gasteiger partial charge < -0.3 is 4.74 Å². The van der Waals surface area contributed by atoms with Crippen LogP contribution in [0.2, 0.25) is 5.15 Å². The summed E-state index contributed by atoms with van der Waals surface area (Å²) in [4.78, 5) is 11.5. The molecule has 20 heavy (non-hydrogen) atoms. The molecule has 5 heteroatoms. The second-order valence-corrected chi connectivity index (χ2v) is 7.39. The molecular weight excluding hydrogens is 292 g/mol. The molecule has 0 unspecified atom stereocenters. The van der Waals surface area contributed by atoms with Crippen LogP contribution < -0.4 is 0 Å². The molecule has 0 aromatic carbocycles. The van der Waals surface area contributed by atoms with E-state index in [1.165, 1.54) is 4.88 Å². The van der Waals surface area contributed by atoms with Gasteiger partial charge in [-0.2, -0.15) is 0 Å². The van der Waals surface area contributed by atoms with Gasteiger partial charge in [-0.3, -0.25) is 0 Å². The summed E-state index contributed by atoms with van der Waals surface area (Å²) in [5, 5.41) is 1.50. The lowest BCUT2D eigenvalue weighted by Crippen LogP contribution is -2.35. The summed E-state index contributed by atoms with van der Waals surface area (Å²) in [7, 11) is 1.76. The number of ether oxygens (including phenoxy) is 1. The topological polar surface area (TPSA) is 35.0 Å². The van der Waals surface area contributed by atoms with Crippen LogP contribution in [-0.4, -0.2) is 17.1 Å².